The number of carboxylic acid groups (broad SMARTS) is 1. The third kappa shape index (κ3) is 2.93. The Balaban J connectivity index is 2.98. The second kappa shape index (κ2) is 6.05. The predicted octanol–water partition coefficient (Wildman–Crippen LogP) is 2.71. The van der Waals surface area contributed by atoms with Crippen molar-refractivity contribution in [2.45, 2.75) is 40.7 Å². The molecule has 0 fully saturated rings. The summed E-state index contributed by atoms with van der Waals surface area (Å²) in [7, 11) is 0. The molecule has 0 bridgehead atoms. The standard InChI is InChI=1S/C14H24N2O2/c1-6-15(7-2)9-11(4)16-10(3)8-13(12(16)5)14(17)18/h8,11H,6-7,9H2,1-5H3,(H,17,18). The second-order valence-corrected chi connectivity index (χ2v) is 4.79. The van der Waals surface area contributed by atoms with Crippen LogP contribution in [0.3, 0.4) is 0 Å². The van der Waals surface area contributed by atoms with Crippen molar-refractivity contribution in [2.24, 2.45) is 0 Å². The molecule has 102 valence electrons. The van der Waals surface area contributed by atoms with Crippen molar-refractivity contribution in [1.29, 1.82) is 0 Å². The Kier molecular flexibility index (Phi) is 4.96. The Labute approximate surface area is 109 Å². The summed E-state index contributed by atoms with van der Waals surface area (Å²) in [5.41, 5.74) is 2.28. The Morgan fingerprint density at radius 3 is 2.33 bits per heavy atom. The van der Waals surface area contributed by atoms with Gasteiger partial charge in [0.05, 0.1) is 5.56 Å². The van der Waals surface area contributed by atoms with Crippen LogP contribution in [0, 0.1) is 13.8 Å². The van der Waals surface area contributed by atoms with Crippen molar-refractivity contribution < 1.29 is 9.90 Å². The van der Waals surface area contributed by atoms with Gasteiger partial charge in [-0.3, -0.25) is 0 Å². The number of aromatic nitrogens is 1. The van der Waals surface area contributed by atoms with Gasteiger partial charge in [0.1, 0.15) is 0 Å². The molecule has 0 amide bonds. The van der Waals surface area contributed by atoms with E-state index in [0.717, 1.165) is 31.0 Å². The number of nitrogens with zero attached hydrogens (tertiary/aromatic N) is 2. The molecule has 0 aromatic carbocycles. The van der Waals surface area contributed by atoms with E-state index >= 15 is 0 Å². The molecule has 4 heteroatoms. The molecule has 0 spiro atoms. The molecule has 0 radical (unpaired) electrons. The van der Waals surface area contributed by atoms with E-state index < -0.39 is 5.97 Å². The first-order valence-electron chi connectivity index (χ1n) is 6.56. The van der Waals surface area contributed by atoms with Gasteiger partial charge in [-0.1, -0.05) is 13.8 Å². The molecule has 1 aromatic rings. The SMILES string of the molecule is CCN(CC)CC(C)n1c(C)cc(C(=O)O)c1C. The zero-order valence-corrected chi connectivity index (χ0v) is 12.0. The topological polar surface area (TPSA) is 45.5 Å². The fourth-order valence-corrected chi connectivity index (χ4v) is 2.61. The third-order valence-corrected chi connectivity index (χ3v) is 3.57. The summed E-state index contributed by atoms with van der Waals surface area (Å²) in [6.07, 6.45) is 0. The van der Waals surface area contributed by atoms with Crippen molar-refractivity contribution in [3.8, 4) is 0 Å². The highest BCUT2D eigenvalue weighted by molar-refractivity contribution is 5.89. The minimum Gasteiger partial charge on any atom is -0.478 e. The van der Waals surface area contributed by atoms with Crippen LogP contribution in [0.1, 0.15) is 48.6 Å². The lowest BCUT2D eigenvalue weighted by Crippen LogP contribution is -2.30. The molecule has 1 heterocycles. The molecule has 0 saturated carbocycles. The van der Waals surface area contributed by atoms with Gasteiger partial charge in [-0.25, -0.2) is 4.79 Å². The van der Waals surface area contributed by atoms with Crippen LogP contribution in [0.25, 0.3) is 0 Å². The molecule has 18 heavy (non-hydrogen) atoms. The smallest absolute Gasteiger partial charge is 0.337 e. The fraction of sp³-hybridized carbons (Fsp3) is 0.643. The highest BCUT2D eigenvalue weighted by Crippen LogP contribution is 2.21. The zero-order chi connectivity index (χ0) is 13.9. The lowest BCUT2D eigenvalue weighted by Gasteiger charge is -2.26. The molecule has 4 nitrogen and oxygen atoms in total. The summed E-state index contributed by atoms with van der Waals surface area (Å²) in [5.74, 6) is -0.843. The van der Waals surface area contributed by atoms with E-state index in [1.807, 2.05) is 13.8 Å². The van der Waals surface area contributed by atoms with Crippen LogP contribution in [0.4, 0.5) is 0 Å². The summed E-state index contributed by atoms with van der Waals surface area (Å²) < 4.78 is 2.13. The van der Waals surface area contributed by atoms with Gasteiger partial charge in [-0.2, -0.15) is 0 Å². The zero-order valence-electron chi connectivity index (χ0n) is 12.0. The fourth-order valence-electron chi connectivity index (χ4n) is 2.61. The highest BCUT2D eigenvalue weighted by Gasteiger charge is 2.19. The van der Waals surface area contributed by atoms with Crippen molar-refractivity contribution in [2.75, 3.05) is 19.6 Å². The maximum atomic E-state index is 11.1. The monoisotopic (exact) mass is 252 g/mol. The molecule has 1 aromatic heterocycles. The van der Waals surface area contributed by atoms with Gasteiger partial charge >= 0.3 is 5.97 Å². The number of likely N-dealkylation sites (N-methyl/N-ethyl adjacent to an activating group) is 1. The largest absolute Gasteiger partial charge is 0.478 e. The molecular weight excluding hydrogens is 228 g/mol. The normalized spacial score (nSPS) is 13.0. The number of rotatable bonds is 6. The predicted molar refractivity (Wildman–Crippen MR) is 73.4 cm³/mol. The van der Waals surface area contributed by atoms with Crippen molar-refractivity contribution in [1.82, 2.24) is 9.47 Å². The van der Waals surface area contributed by atoms with Gasteiger partial charge in [0.25, 0.3) is 0 Å². The first-order chi connectivity index (χ1) is 8.42. The van der Waals surface area contributed by atoms with Gasteiger partial charge in [-0.05, 0) is 39.9 Å². The maximum absolute atomic E-state index is 11.1. The maximum Gasteiger partial charge on any atom is 0.337 e. The number of aromatic carboxylic acids is 1. The van der Waals surface area contributed by atoms with E-state index in [-0.39, 0.29) is 6.04 Å². The van der Waals surface area contributed by atoms with E-state index in [4.69, 9.17) is 5.11 Å². The molecule has 0 aliphatic rings. The molecule has 1 unspecified atom stereocenters. The second-order valence-electron chi connectivity index (χ2n) is 4.79. The van der Waals surface area contributed by atoms with E-state index in [1.54, 1.807) is 6.07 Å². The average Bonchev–Trinajstić information content (AvgIpc) is 2.61. The summed E-state index contributed by atoms with van der Waals surface area (Å²) >= 11 is 0. The number of aryl methyl sites for hydroxylation is 1. The molecular formula is C14H24N2O2. The number of carbonyl (C=O) groups is 1. The Bertz CT molecular complexity index is 420. The van der Waals surface area contributed by atoms with Crippen molar-refractivity contribution in [3.63, 3.8) is 0 Å². The van der Waals surface area contributed by atoms with E-state index in [0.29, 0.717) is 5.56 Å². The Morgan fingerprint density at radius 1 is 1.39 bits per heavy atom. The van der Waals surface area contributed by atoms with Gasteiger partial charge in [0.2, 0.25) is 0 Å². The summed E-state index contributed by atoms with van der Waals surface area (Å²) in [5, 5.41) is 9.14. The van der Waals surface area contributed by atoms with E-state index in [9.17, 15) is 4.79 Å². The van der Waals surface area contributed by atoms with Crippen LogP contribution in [0.5, 0.6) is 0 Å². The van der Waals surface area contributed by atoms with Gasteiger partial charge in [0, 0.05) is 24.0 Å². The van der Waals surface area contributed by atoms with Crippen LogP contribution in [-0.2, 0) is 0 Å². The Hall–Kier alpha value is -1.29. The number of carboxylic acids is 1. The van der Waals surface area contributed by atoms with Gasteiger partial charge in [-0.15, -0.1) is 0 Å². The first-order valence-corrected chi connectivity index (χ1v) is 6.56. The quantitative estimate of drug-likeness (QED) is 0.846. The lowest BCUT2D eigenvalue weighted by molar-refractivity contribution is 0.0696. The van der Waals surface area contributed by atoms with Crippen molar-refractivity contribution >= 4 is 5.97 Å². The molecule has 1 atom stereocenters. The number of hydrogen-bond donors (Lipinski definition) is 1. The van der Waals surface area contributed by atoms with Crippen molar-refractivity contribution in [3.05, 3.63) is 23.0 Å². The van der Waals surface area contributed by atoms with Gasteiger partial charge in [0.15, 0.2) is 0 Å². The molecule has 0 aliphatic carbocycles. The minimum atomic E-state index is -0.843. The van der Waals surface area contributed by atoms with Crippen LogP contribution in [0.2, 0.25) is 0 Å². The van der Waals surface area contributed by atoms with Crippen LogP contribution in [-0.4, -0.2) is 40.2 Å². The van der Waals surface area contributed by atoms with Crippen LogP contribution < -0.4 is 0 Å². The van der Waals surface area contributed by atoms with Gasteiger partial charge < -0.3 is 14.6 Å². The summed E-state index contributed by atoms with van der Waals surface area (Å²) in [4.78, 5) is 13.5. The highest BCUT2D eigenvalue weighted by atomic mass is 16.4. The third-order valence-electron chi connectivity index (χ3n) is 3.57. The minimum absolute atomic E-state index is 0.290. The first kappa shape index (κ1) is 14.8. The van der Waals surface area contributed by atoms with E-state index in [2.05, 4.69) is 30.2 Å². The molecule has 0 saturated heterocycles. The lowest BCUT2D eigenvalue weighted by atomic mass is 10.2. The summed E-state index contributed by atoms with van der Waals surface area (Å²) in [6.45, 7) is 13.3. The van der Waals surface area contributed by atoms with E-state index in [1.165, 1.54) is 0 Å². The molecule has 1 rings (SSSR count). The van der Waals surface area contributed by atoms with Crippen LogP contribution in [0.15, 0.2) is 6.07 Å². The molecule has 0 aliphatic heterocycles. The summed E-state index contributed by atoms with van der Waals surface area (Å²) in [6, 6.07) is 2.05. The Morgan fingerprint density at radius 2 is 1.94 bits per heavy atom. The van der Waals surface area contributed by atoms with Crippen LogP contribution >= 0.6 is 0 Å². The number of hydrogen-bond acceptors (Lipinski definition) is 2. The molecule has 1 N–H and O–H groups in total. The average molecular weight is 252 g/mol.